The third-order valence-electron chi connectivity index (χ3n) is 3.06. The maximum absolute atomic E-state index is 11.2. The van der Waals surface area contributed by atoms with E-state index in [0.717, 1.165) is 13.1 Å². The summed E-state index contributed by atoms with van der Waals surface area (Å²) in [5, 5.41) is 11.0. The largest absolute Gasteiger partial charge is 0.464 e. The van der Waals surface area contributed by atoms with E-state index in [-0.39, 0.29) is 5.69 Å². The molecule has 0 unspecified atom stereocenters. The molecule has 0 aliphatic rings. The average Bonchev–Trinajstić information content (AvgIpc) is 2.42. The van der Waals surface area contributed by atoms with Crippen molar-refractivity contribution in [1.29, 1.82) is 0 Å². The number of ether oxygens (including phenoxy) is 1. The van der Waals surface area contributed by atoms with Gasteiger partial charge < -0.3 is 10.1 Å². The Labute approximate surface area is 120 Å². The van der Waals surface area contributed by atoms with Crippen molar-refractivity contribution in [1.82, 2.24) is 15.1 Å². The van der Waals surface area contributed by atoms with E-state index in [2.05, 4.69) is 52.8 Å². The first-order valence-electron chi connectivity index (χ1n) is 6.87. The maximum Gasteiger partial charge on any atom is 0.358 e. The van der Waals surface area contributed by atoms with E-state index >= 15 is 0 Å². The van der Waals surface area contributed by atoms with Crippen molar-refractivity contribution in [2.75, 3.05) is 25.5 Å². The number of esters is 1. The fraction of sp³-hybridized carbons (Fsp3) is 0.643. The zero-order valence-corrected chi connectivity index (χ0v) is 12.9. The van der Waals surface area contributed by atoms with Crippen LogP contribution in [0, 0.1) is 0 Å². The van der Waals surface area contributed by atoms with Crippen LogP contribution in [0.4, 0.5) is 5.82 Å². The fourth-order valence-electron chi connectivity index (χ4n) is 2.07. The smallest absolute Gasteiger partial charge is 0.358 e. The second kappa shape index (κ2) is 7.79. The number of hydrogen-bond acceptors (Lipinski definition) is 6. The van der Waals surface area contributed by atoms with Crippen molar-refractivity contribution in [3.63, 3.8) is 0 Å². The molecule has 0 atom stereocenters. The van der Waals surface area contributed by atoms with Crippen LogP contribution in [-0.4, -0.2) is 53.3 Å². The number of hydrogen-bond donors (Lipinski definition) is 1. The molecule has 1 heterocycles. The van der Waals surface area contributed by atoms with E-state index in [0.29, 0.717) is 17.9 Å². The Hall–Kier alpha value is -1.69. The predicted molar refractivity (Wildman–Crippen MR) is 78.8 cm³/mol. The fourth-order valence-corrected chi connectivity index (χ4v) is 2.07. The van der Waals surface area contributed by atoms with Crippen molar-refractivity contribution in [2.45, 2.75) is 39.8 Å². The minimum absolute atomic E-state index is 0.212. The number of nitrogens with zero attached hydrogens (tertiary/aromatic N) is 3. The van der Waals surface area contributed by atoms with Crippen LogP contribution in [0.1, 0.15) is 38.2 Å². The number of nitrogens with one attached hydrogen (secondary N) is 1. The Balaban J connectivity index is 2.48. The van der Waals surface area contributed by atoms with E-state index in [1.807, 2.05) is 0 Å². The summed E-state index contributed by atoms with van der Waals surface area (Å²) in [5.74, 6) is 0.181. The lowest BCUT2D eigenvalue weighted by atomic mass is 10.2. The van der Waals surface area contributed by atoms with Crippen molar-refractivity contribution >= 4 is 11.8 Å². The molecule has 0 spiro atoms. The van der Waals surface area contributed by atoms with Crippen molar-refractivity contribution in [3.05, 3.63) is 17.8 Å². The van der Waals surface area contributed by atoms with Crippen LogP contribution in [-0.2, 0) is 4.74 Å². The molecular formula is C14H24N4O2. The number of rotatable bonds is 7. The topological polar surface area (TPSA) is 67.3 Å². The summed E-state index contributed by atoms with van der Waals surface area (Å²) in [5.41, 5.74) is 0.212. The first-order valence-corrected chi connectivity index (χ1v) is 6.87. The summed E-state index contributed by atoms with van der Waals surface area (Å²) in [6.45, 7) is 10.4. The van der Waals surface area contributed by atoms with Gasteiger partial charge in [0.1, 0.15) is 5.82 Å². The van der Waals surface area contributed by atoms with Crippen LogP contribution in [0.5, 0.6) is 0 Å². The van der Waals surface area contributed by atoms with Crippen LogP contribution in [0.2, 0.25) is 0 Å². The quantitative estimate of drug-likeness (QED) is 0.768. The number of methoxy groups -OCH3 is 1. The maximum atomic E-state index is 11.2. The highest BCUT2D eigenvalue weighted by Crippen LogP contribution is 2.06. The number of carbonyl (C=O) groups is 1. The van der Waals surface area contributed by atoms with Crippen LogP contribution in [0.25, 0.3) is 0 Å². The normalized spacial score (nSPS) is 11.2. The monoisotopic (exact) mass is 280 g/mol. The van der Waals surface area contributed by atoms with Gasteiger partial charge in [0.05, 0.1) is 7.11 Å². The molecule has 0 aliphatic carbocycles. The van der Waals surface area contributed by atoms with Gasteiger partial charge in [0.15, 0.2) is 5.69 Å². The molecule has 0 bridgehead atoms. The lowest BCUT2D eigenvalue weighted by Gasteiger charge is -2.30. The van der Waals surface area contributed by atoms with Gasteiger partial charge in [-0.2, -0.15) is 0 Å². The standard InChI is InChI=1S/C14H24N4O2/c1-10(2)18(11(3)4)9-8-15-13-7-6-12(16-17-13)14(19)20-5/h6-7,10-11H,8-9H2,1-5H3,(H,15,17). The molecule has 1 aromatic rings. The molecule has 6 heteroatoms. The van der Waals surface area contributed by atoms with Gasteiger partial charge in [-0.1, -0.05) is 0 Å². The molecule has 6 nitrogen and oxygen atoms in total. The third kappa shape index (κ3) is 4.77. The van der Waals surface area contributed by atoms with Gasteiger partial charge in [-0.25, -0.2) is 4.79 Å². The number of carbonyl (C=O) groups excluding carboxylic acids is 1. The number of anilines is 1. The van der Waals surface area contributed by atoms with E-state index in [1.165, 1.54) is 7.11 Å². The van der Waals surface area contributed by atoms with Gasteiger partial charge >= 0.3 is 5.97 Å². The molecule has 0 radical (unpaired) electrons. The van der Waals surface area contributed by atoms with Crippen molar-refractivity contribution in [3.8, 4) is 0 Å². The predicted octanol–water partition coefficient (Wildman–Crippen LogP) is 1.79. The van der Waals surface area contributed by atoms with Crippen LogP contribution < -0.4 is 5.32 Å². The Bertz CT molecular complexity index is 410. The lowest BCUT2D eigenvalue weighted by molar-refractivity contribution is 0.0592. The van der Waals surface area contributed by atoms with Crippen LogP contribution in [0.3, 0.4) is 0 Å². The first-order chi connectivity index (χ1) is 9.45. The van der Waals surface area contributed by atoms with Crippen molar-refractivity contribution in [2.24, 2.45) is 0 Å². The summed E-state index contributed by atoms with van der Waals surface area (Å²) >= 11 is 0. The van der Waals surface area contributed by atoms with Crippen LogP contribution >= 0.6 is 0 Å². The molecule has 1 N–H and O–H groups in total. The minimum atomic E-state index is -0.477. The summed E-state index contributed by atoms with van der Waals surface area (Å²) in [4.78, 5) is 13.6. The van der Waals surface area contributed by atoms with E-state index in [1.54, 1.807) is 12.1 Å². The summed E-state index contributed by atoms with van der Waals surface area (Å²) in [7, 11) is 1.32. The Morgan fingerprint density at radius 2 is 1.90 bits per heavy atom. The van der Waals surface area contributed by atoms with Crippen molar-refractivity contribution < 1.29 is 9.53 Å². The second-order valence-corrected chi connectivity index (χ2v) is 5.15. The van der Waals surface area contributed by atoms with E-state index < -0.39 is 5.97 Å². The van der Waals surface area contributed by atoms with Gasteiger partial charge in [0, 0.05) is 25.2 Å². The molecule has 0 amide bonds. The highest BCUT2D eigenvalue weighted by molar-refractivity contribution is 5.86. The van der Waals surface area contributed by atoms with E-state index in [9.17, 15) is 4.79 Å². The molecule has 1 aromatic heterocycles. The minimum Gasteiger partial charge on any atom is -0.464 e. The number of aromatic nitrogens is 2. The van der Waals surface area contributed by atoms with Crippen LogP contribution in [0.15, 0.2) is 12.1 Å². The highest BCUT2D eigenvalue weighted by Gasteiger charge is 2.12. The van der Waals surface area contributed by atoms with Gasteiger partial charge in [-0.3, -0.25) is 4.90 Å². The zero-order valence-electron chi connectivity index (χ0n) is 12.9. The van der Waals surface area contributed by atoms with Gasteiger partial charge in [-0.05, 0) is 39.8 Å². The third-order valence-corrected chi connectivity index (χ3v) is 3.06. The second-order valence-electron chi connectivity index (χ2n) is 5.15. The Kier molecular flexibility index (Phi) is 6.38. The van der Waals surface area contributed by atoms with E-state index in [4.69, 9.17) is 0 Å². The molecule has 1 rings (SSSR count). The molecule has 20 heavy (non-hydrogen) atoms. The Morgan fingerprint density at radius 1 is 1.25 bits per heavy atom. The Morgan fingerprint density at radius 3 is 2.35 bits per heavy atom. The van der Waals surface area contributed by atoms with Gasteiger partial charge in [-0.15, -0.1) is 10.2 Å². The zero-order chi connectivity index (χ0) is 15.1. The first kappa shape index (κ1) is 16.4. The molecule has 112 valence electrons. The summed E-state index contributed by atoms with van der Waals surface area (Å²) < 4.78 is 4.57. The molecule has 0 saturated carbocycles. The molecule has 0 saturated heterocycles. The molecule has 0 aliphatic heterocycles. The molecule has 0 aromatic carbocycles. The molecule has 0 fully saturated rings. The average molecular weight is 280 g/mol. The summed E-state index contributed by atoms with van der Waals surface area (Å²) in [6.07, 6.45) is 0. The van der Waals surface area contributed by atoms with Gasteiger partial charge in [0.2, 0.25) is 0 Å². The lowest BCUT2D eigenvalue weighted by Crippen LogP contribution is -2.40. The SMILES string of the molecule is COC(=O)c1ccc(NCCN(C(C)C)C(C)C)nn1. The summed E-state index contributed by atoms with van der Waals surface area (Å²) in [6, 6.07) is 4.34. The van der Waals surface area contributed by atoms with Gasteiger partial charge in [0.25, 0.3) is 0 Å². The highest BCUT2D eigenvalue weighted by atomic mass is 16.5. The molecular weight excluding hydrogens is 256 g/mol.